The highest BCUT2D eigenvalue weighted by molar-refractivity contribution is 5.96. The molecule has 2 fully saturated rings. The van der Waals surface area contributed by atoms with Gasteiger partial charge in [-0.25, -0.2) is 4.98 Å². The maximum Gasteiger partial charge on any atom is 0.289 e. The van der Waals surface area contributed by atoms with Crippen LogP contribution in [-0.4, -0.2) is 59.2 Å². The van der Waals surface area contributed by atoms with Gasteiger partial charge in [-0.1, -0.05) is 5.16 Å². The van der Waals surface area contributed by atoms with Gasteiger partial charge < -0.3 is 23.5 Å². The van der Waals surface area contributed by atoms with Crippen molar-refractivity contribution in [2.24, 2.45) is 0 Å². The van der Waals surface area contributed by atoms with E-state index in [1.807, 2.05) is 35.2 Å². The van der Waals surface area contributed by atoms with Gasteiger partial charge in [0.1, 0.15) is 17.2 Å². The van der Waals surface area contributed by atoms with Crippen LogP contribution in [0.1, 0.15) is 35.2 Å². The topological polar surface area (TPSA) is 97.7 Å². The quantitative estimate of drug-likeness (QED) is 0.458. The number of amides is 1. The standard InChI is InChI=1S/C24H23N5O4/c1-31-18-5-6-19-17(12-18)13-20(32-19)24(30)29-10-8-28(9-11-29)21-7-4-16(14-25-21)22-26-23(33-27-22)15-2-3-15/h4-7,12-15H,2-3,8-11H2,1H3. The van der Waals surface area contributed by atoms with Crippen molar-refractivity contribution >= 4 is 22.7 Å². The molecule has 1 aromatic carbocycles. The van der Waals surface area contributed by atoms with Gasteiger partial charge in [0.2, 0.25) is 11.7 Å². The third kappa shape index (κ3) is 3.79. The maximum absolute atomic E-state index is 13.0. The fraction of sp³-hybridized carbons (Fsp3) is 0.333. The van der Waals surface area contributed by atoms with E-state index in [2.05, 4.69) is 20.0 Å². The van der Waals surface area contributed by atoms with Crippen molar-refractivity contribution in [3.63, 3.8) is 0 Å². The Labute approximate surface area is 189 Å². The van der Waals surface area contributed by atoms with Gasteiger partial charge in [-0.3, -0.25) is 4.79 Å². The van der Waals surface area contributed by atoms with E-state index in [4.69, 9.17) is 13.7 Å². The molecule has 0 radical (unpaired) electrons. The zero-order chi connectivity index (χ0) is 22.4. The van der Waals surface area contributed by atoms with Gasteiger partial charge in [0.05, 0.1) is 7.11 Å². The first kappa shape index (κ1) is 19.8. The molecule has 0 bridgehead atoms. The van der Waals surface area contributed by atoms with E-state index in [-0.39, 0.29) is 5.91 Å². The number of ether oxygens (including phenoxy) is 1. The molecule has 1 aliphatic carbocycles. The minimum atomic E-state index is -0.100. The molecule has 168 valence electrons. The zero-order valence-corrected chi connectivity index (χ0v) is 18.2. The van der Waals surface area contributed by atoms with Crippen molar-refractivity contribution in [3.8, 4) is 17.1 Å². The molecule has 33 heavy (non-hydrogen) atoms. The van der Waals surface area contributed by atoms with E-state index < -0.39 is 0 Å². The third-order valence-electron chi connectivity index (χ3n) is 6.20. The lowest BCUT2D eigenvalue weighted by Crippen LogP contribution is -2.49. The van der Waals surface area contributed by atoms with E-state index in [0.717, 1.165) is 41.2 Å². The van der Waals surface area contributed by atoms with Crippen molar-refractivity contribution in [3.05, 3.63) is 54.2 Å². The largest absolute Gasteiger partial charge is 0.497 e. The first-order valence-corrected chi connectivity index (χ1v) is 11.1. The van der Waals surface area contributed by atoms with Crippen molar-refractivity contribution in [2.45, 2.75) is 18.8 Å². The number of nitrogens with zero attached hydrogens (tertiary/aromatic N) is 5. The van der Waals surface area contributed by atoms with Crippen LogP contribution in [0.5, 0.6) is 5.75 Å². The summed E-state index contributed by atoms with van der Waals surface area (Å²) in [6.07, 6.45) is 4.02. The molecule has 1 saturated carbocycles. The summed E-state index contributed by atoms with van der Waals surface area (Å²) < 4.78 is 16.4. The van der Waals surface area contributed by atoms with Crippen molar-refractivity contribution in [1.82, 2.24) is 20.0 Å². The summed E-state index contributed by atoms with van der Waals surface area (Å²) in [6, 6.07) is 11.2. The average molecular weight is 445 g/mol. The highest BCUT2D eigenvalue weighted by atomic mass is 16.5. The SMILES string of the molecule is COc1ccc2oc(C(=O)N3CCN(c4ccc(-c5noc(C6CC6)n5)cn4)CC3)cc2c1. The second-order valence-corrected chi connectivity index (χ2v) is 8.43. The molecule has 1 aliphatic heterocycles. The summed E-state index contributed by atoms with van der Waals surface area (Å²) >= 11 is 0. The molecular formula is C24H23N5O4. The number of carbonyl (C=O) groups is 1. The van der Waals surface area contributed by atoms with E-state index >= 15 is 0 Å². The Morgan fingerprint density at radius 2 is 1.94 bits per heavy atom. The Morgan fingerprint density at radius 1 is 1.09 bits per heavy atom. The van der Waals surface area contributed by atoms with Gasteiger partial charge in [0.25, 0.3) is 5.91 Å². The van der Waals surface area contributed by atoms with E-state index in [1.54, 1.807) is 19.4 Å². The highest BCUT2D eigenvalue weighted by Crippen LogP contribution is 2.39. The molecule has 0 unspecified atom stereocenters. The molecule has 9 heteroatoms. The molecule has 0 N–H and O–H groups in total. The lowest BCUT2D eigenvalue weighted by Gasteiger charge is -2.35. The predicted molar refractivity (Wildman–Crippen MR) is 120 cm³/mol. The molecule has 1 amide bonds. The zero-order valence-electron chi connectivity index (χ0n) is 18.2. The maximum atomic E-state index is 13.0. The second-order valence-electron chi connectivity index (χ2n) is 8.43. The van der Waals surface area contributed by atoms with Crippen LogP contribution in [-0.2, 0) is 0 Å². The summed E-state index contributed by atoms with van der Waals surface area (Å²) in [6.45, 7) is 2.58. The number of hydrogen-bond donors (Lipinski definition) is 0. The Balaban J connectivity index is 1.10. The van der Waals surface area contributed by atoms with Gasteiger partial charge in [0.15, 0.2) is 5.76 Å². The van der Waals surface area contributed by atoms with Crippen LogP contribution >= 0.6 is 0 Å². The molecule has 6 rings (SSSR count). The molecular weight excluding hydrogens is 422 g/mol. The Morgan fingerprint density at radius 3 is 2.67 bits per heavy atom. The van der Waals surface area contributed by atoms with Crippen LogP contribution in [0.15, 0.2) is 51.5 Å². The first-order chi connectivity index (χ1) is 16.2. The van der Waals surface area contributed by atoms with Crippen LogP contribution < -0.4 is 9.64 Å². The number of pyridine rings is 1. The number of furan rings is 1. The van der Waals surface area contributed by atoms with Crippen LogP contribution in [0.25, 0.3) is 22.4 Å². The highest BCUT2D eigenvalue weighted by Gasteiger charge is 2.30. The number of fused-ring (bicyclic) bond motifs is 1. The van der Waals surface area contributed by atoms with Crippen LogP contribution in [0.4, 0.5) is 5.82 Å². The first-order valence-electron chi connectivity index (χ1n) is 11.1. The summed E-state index contributed by atoms with van der Waals surface area (Å²) in [5.41, 5.74) is 1.51. The van der Waals surface area contributed by atoms with Crippen LogP contribution in [0.3, 0.4) is 0 Å². The predicted octanol–water partition coefficient (Wildman–Crippen LogP) is 3.73. The van der Waals surface area contributed by atoms with Gasteiger partial charge in [-0.15, -0.1) is 0 Å². The third-order valence-corrected chi connectivity index (χ3v) is 6.20. The van der Waals surface area contributed by atoms with Gasteiger partial charge >= 0.3 is 0 Å². The number of carbonyl (C=O) groups excluding carboxylic acids is 1. The Bertz CT molecular complexity index is 1300. The van der Waals surface area contributed by atoms with Crippen molar-refractivity contribution in [2.75, 3.05) is 38.2 Å². The van der Waals surface area contributed by atoms with Crippen LogP contribution in [0.2, 0.25) is 0 Å². The monoisotopic (exact) mass is 445 g/mol. The smallest absolute Gasteiger partial charge is 0.289 e. The lowest BCUT2D eigenvalue weighted by molar-refractivity contribution is 0.0717. The molecule has 4 heterocycles. The fourth-order valence-corrected chi connectivity index (χ4v) is 4.10. The number of piperazine rings is 1. The number of rotatable bonds is 5. The Kier molecular flexibility index (Phi) is 4.74. The number of benzene rings is 1. The van der Waals surface area contributed by atoms with Crippen LogP contribution in [0, 0.1) is 0 Å². The molecule has 0 spiro atoms. The normalized spacial score (nSPS) is 16.4. The summed E-state index contributed by atoms with van der Waals surface area (Å²) in [5.74, 6) is 3.58. The molecule has 1 saturated heterocycles. The summed E-state index contributed by atoms with van der Waals surface area (Å²) in [5, 5.41) is 4.93. The summed E-state index contributed by atoms with van der Waals surface area (Å²) in [4.78, 5) is 26.0. The van der Waals surface area contributed by atoms with E-state index in [0.29, 0.717) is 49.3 Å². The average Bonchev–Trinajstić information content (AvgIpc) is 3.44. The van der Waals surface area contributed by atoms with Gasteiger partial charge in [-0.2, -0.15) is 4.98 Å². The fourth-order valence-electron chi connectivity index (χ4n) is 4.10. The molecule has 9 nitrogen and oxygen atoms in total. The number of anilines is 1. The molecule has 3 aromatic heterocycles. The van der Waals surface area contributed by atoms with Crippen molar-refractivity contribution < 1.29 is 18.5 Å². The van der Waals surface area contributed by atoms with Gasteiger partial charge in [-0.05, 0) is 49.2 Å². The molecule has 0 atom stereocenters. The van der Waals surface area contributed by atoms with E-state index in [9.17, 15) is 4.79 Å². The summed E-state index contributed by atoms with van der Waals surface area (Å²) in [7, 11) is 1.62. The minimum absolute atomic E-state index is 0.100. The number of aromatic nitrogens is 3. The minimum Gasteiger partial charge on any atom is -0.497 e. The van der Waals surface area contributed by atoms with Gasteiger partial charge in [0, 0.05) is 49.2 Å². The number of methoxy groups -OCH3 is 1. The molecule has 4 aromatic rings. The van der Waals surface area contributed by atoms with Crippen molar-refractivity contribution in [1.29, 1.82) is 0 Å². The number of hydrogen-bond acceptors (Lipinski definition) is 8. The molecule has 2 aliphatic rings. The lowest BCUT2D eigenvalue weighted by atomic mass is 10.2. The van der Waals surface area contributed by atoms with E-state index in [1.165, 1.54) is 0 Å². The second kappa shape index (κ2) is 7.91. The Hall–Kier alpha value is -3.88.